The number of rotatable bonds is 4. The van der Waals surface area contributed by atoms with Crippen molar-refractivity contribution in [2.24, 2.45) is 0 Å². The molecule has 0 saturated carbocycles. The van der Waals surface area contributed by atoms with Crippen LogP contribution in [0.4, 0.5) is 0 Å². The smallest absolute Gasteiger partial charge is 0.153 e. The Bertz CT molecular complexity index is 581. The lowest BCUT2D eigenvalue weighted by atomic mass is 10.1. The van der Waals surface area contributed by atoms with E-state index in [1.165, 1.54) is 17.4 Å². The van der Waals surface area contributed by atoms with Crippen LogP contribution >= 0.6 is 15.9 Å². The molecule has 0 fully saturated rings. The summed E-state index contributed by atoms with van der Waals surface area (Å²) in [5.74, 6) is 0. The molecule has 1 N–H and O–H groups in total. The third-order valence-electron chi connectivity index (χ3n) is 3.96. The lowest BCUT2D eigenvalue weighted by Crippen LogP contribution is -2.42. The first kappa shape index (κ1) is 15.0. The number of sulfone groups is 1. The zero-order valence-corrected chi connectivity index (χ0v) is 13.9. The van der Waals surface area contributed by atoms with E-state index in [9.17, 15) is 8.42 Å². The molecule has 106 valence electrons. The predicted octanol–water partition coefficient (Wildman–Crippen LogP) is 2.85. The zero-order valence-electron chi connectivity index (χ0n) is 11.5. The Morgan fingerprint density at radius 3 is 2.74 bits per heavy atom. The minimum absolute atomic E-state index is 0.268. The maximum absolute atomic E-state index is 11.7. The highest BCUT2D eigenvalue weighted by Gasteiger charge is 2.32. The van der Waals surface area contributed by atoms with E-state index < -0.39 is 14.6 Å². The van der Waals surface area contributed by atoms with Crippen molar-refractivity contribution in [1.29, 1.82) is 0 Å². The number of fused-ring (bicyclic) bond motifs is 1. The van der Waals surface area contributed by atoms with Crippen LogP contribution in [0.5, 0.6) is 0 Å². The van der Waals surface area contributed by atoms with Gasteiger partial charge in [-0.25, -0.2) is 8.42 Å². The van der Waals surface area contributed by atoms with E-state index in [0.29, 0.717) is 6.54 Å². The fraction of sp³-hybridized carbons (Fsp3) is 0.571. The first-order valence-corrected chi connectivity index (χ1v) is 9.10. The summed E-state index contributed by atoms with van der Waals surface area (Å²) in [7, 11) is -3.05. The van der Waals surface area contributed by atoms with Gasteiger partial charge in [0.25, 0.3) is 0 Å². The van der Waals surface area contributed by atoms with E-state index in [-0.39, 0.29) is 6.04 Å². The third-order valence-corrected chi connectivity index (χ3v) is 6.61. The molecular formula is C14H20BrNO2S. The van der Waals surface area contributed by atoms with Gasteiger partial charge >= 0.3 is 0 Å². The summed E-state index contributed by atoms with van der Waals surface area (Å²) in [6, 6.07) is 6.58. The van der Waals surface area contributed by atoms with E-state index in [4.69, 9.17) is 0 Å². The average Bonchev–Trinajstić information content (AvgIpc) is 2.67. The summed E-state index contributed by atoms with van der Waals surface area (Å²) in [5, 5.41) is 3.41. The second-order valence-electron chi connectivity index (χ2n) is 5.85. The van der Waals surface area contributed by atoms with E-state index in [1.807, 2.05) is 6.07 Å². The molecule has 0 saturated heterocycles. The van der Waals surface area contributed by atoms with Crippen LogP contribution in [-0.2, 0) is 16.3 Å². The van der Waals surface area contributed by atoms with E-state index in [2.05, 4.69) is 33.4 Å². The van der Waals surface area contributed by atoms with Gasteiger partial charge < -0.3 is 5.32 Å². The number of aryl methyl sites for hydroxylation is 1. The molecule has 1 aliphatic rings. The second-order valence-corrected chi connectivity index (χ2v) is 9.41. The molecule has 2 rings (SSSR count). The summed E-state index contributed by atoms with van der Waals surface area (Å²) < 4.78 is 23.8. The maximum Gasteiger partial charge on any atom is 0.153 e. The fourth-order valence-corrected chi connectivity index (χ4v) is 3.05. The summed E-state index contributed by atoms with van der Waals surface area (Å²) in [6.45, 7) is 4.02. The van der Waals surface area contributed by atoms with Crippen molar-refractivity contribution in [3.63, 3.8) is 0 Å². The van der Waals surface area contributed by atoms with Crippen molar-refractivity contribution >= 4 is 25.8 Å². The Morgan fingerprint density at radius 2 is 2.11 bits per heavy atom. The first-order valence-electron chi connectivity index (χ1n) is 6.42. The van der Waals surface area contributed by atoms with Crippen molar-refractivity contribution in [2.45, 2.75) is 37.5 Å². The molecule has 0 spiro atoms. The zero-order chi connectivity index (χ0) is 14.3. The number of hydrogen-bond donors (Lipinski definition) is 1. The second kappa shape index (κ2) is 5.19. The van der Waals surface area contributed by atoms with Gasteiger partial charge in [-0.2, -0.15) is 0 Å². The van der Waals surface area contributed by atoms with Gasteiger partial charge in [0.15, 0.2) is 9.84 Å². The molecule has 0 radical (unpaired) electrons. The standard InChI is InChI=1S/C14H20BrNO2S/c1-14(2,19(3,17)18)9-16-13-7-4-10-8-11(15)5-6-12(10)13/h5-6,8,13,16H,4,7,9H2,1-3H3. The van der Waals surface area contributed by atoms with Gasteiger partial charge in [0.1, 0.15) is 0 Å². The predicted molar refractivity (Wildman–Crippen MR) is 82.1 cm³/mol. The number of benzene rings is 1. The molecule has 1 aromatic carbocycles. The Kier molecular flexibility index (Phi) is 4.10. The Morgan fingerprint density at radius 1 is 1.42 bits per heavy atom. The molecule has 1 aromatic rings. The van der Waals surface area contributed by atoms with Crippen LogP contribution in [0.1, 0.15) is 37.4 Å². The van der Waals surface area contributed by atoms with Crippen molar-refractivity contribution in [1.82, 2.24) is 5.32 Å². The summed E-state index contributed by atoms with van der Waals surface area (Å²) in [5.41, 5.74) is 2.65. The van der Waals surface area contributed by atoms with E-state index >= 15 is 0 Å². The first-order chi connectivity index (χ1) is 8.71. The molecule has 0 aliphatic heterocycles. The van der Waals surface area contributed by atoms with Crippen LogP contribution < -0.4 is 5.32 Å². The molecule has 0 heterocycles. The fourth-order valence-electron chi connectivity index (χ4n) is 2.30. The van der Waals surface area contributed by atoms with Crippen LogP contribution in [0.25, 0.3) is 0 Å². The van der Waals surface area contributed by atoms with Gasteiger partial charge in [0.2, 0.25) is 0 Å². The van der Waals surface area contributed by atoms with E-state index in [1.54, 1.807) is 13.8 Å². The van der Waals surface area contributed by atoms with Crippen molar-refractivity contribution in [3.05, 3.63) is 33.8 Å². The van der Waals surface area contributed by atoms with Crippen LogP contribution in [0, 0.1) is 0 Å². The minimum Gasteiger partial charge on any atom is -0.308 e. The Labute approximate surface area is 123 Å². The van der Waals surface area contributed by atoms with Crippen molar-refractivity contribution < 1.29 is 8.42 Å². The highest BCUT2D eigenvalue weighted by atomic mass is 79.9. The third kappa shape index (κ3) is 3.20. The highest BCUT2D eigenvalue weighted by Crippen LogP contribution is 2.33. The summed E-state index contributed by atoms with van der Waals surface area (Å²) >= 11 is 3.48. The van der Waals surface area contributed by atoms with E-state index in [0.717, 1.165) is 17.3 Å². The minimum atomic E-state index is -3.05. The number of halogens is 1. The molecule has 0 amide bonds. The van der Waals surface area contributed by atoms with Gasteiger partial charge in [-0.3, -0.25) is 0 Å². The Balaban J connectivity index is 2.08. The molecule has 5 heteroatoms. The van der Waals surface area contributed by atoms with Crippen LogP contribution in [-0.4, -0.2) is 26.0 Å². The monoisotopic (exact) mass is 345 g/mol. The number of nitrogens with one attached hydrogen (secondary N) is 1. The molecular weight excluding hydrogens is 326 g/mol. The van der Waals surface area contributed by atoms with Gasteiger partial charge in [-0.15, -0.1) is 0 Å². The summed E-state index contributed by atoms with van der Waals surface area (Å²) in [4.78, 5) is 0. The molecule has 0 bridgehead atoms. The largest absolute Gasteiger partial charge is 0.308 e. The quantitative estimate of drug-likeness (QED) is 0.912. The topological polar surface area (TPSA) is 46.2 Å². The number of hydrogen-bond acceptors (Lipinski definition) is 3. The Hall–Kier alpha value is -0.390. The van der Waals surface area contributed by atoms with Crippen LogP contribution in [0.2, 0.25) is 0 Å². The molecule has 19 heavy (non-hydrogen) atoms. The summed E-state index contributed by atoms with van der Waals surface area (Å²) in [6.07, 6.45) is 3.38. The van der Waals surface area contributed by atoms with Crippen molar-refractivity contribution in [2.75, 3.05) is 12.8 Å². The SMILES string of the molecule is CC(C)(CNC1CCc2cc(Br)ccc21)S(C)(=O)=O. The lowest BCUT2D eigenvalue weighted by Gasteiger charge is -2.25. The molecule has 1 unspecified atom stereocenters. The maximum atomic E-state index is 11.7. The lowest BCUT2D eigenvalue weighted by molar-refractivity contribution is 0.470. The average molecular weight is 346 g/mol. The molecule has 3 nitrogen and oxygen atoms in total. The molecule has 0 aromatic heterocycles. The van der Waals surface area contributed by atoms with Crippen molar-refractivity contribution in [3.8, 4) is 0 Å². The van der Waals surface area contributed by atoms with Gasteiger partial charge in [0.05, 0.1) is 4.75 Å². The van der Waals surface area contributed by atoms with Crippen LogP contribution in [0.3, 0.4) is 0 Å². The van der Waals surface area contributed by atoms with Gasteiger partial charge in [0, 0.05) is 23.3 Å². The van der Waals surface area contributed by atoms with Gasteiger partial charge in [-0.05, 0) is 49.9 Å². The van der Waals surface area contributed by atoms with Crippen LogP contribution in [0.15, 0.2) is 22.7 Å². The molecule has 1 atom stereocenters. The normalized spacial score (nSPS) is 19.5. The van der Waals surface area contributed by atoms with Gasteiger partial charge in [-0.1, -0.05) is 22.0 Å². The molecule has 1 aliphatic carbocycles. The highest BCUT2D eigenvalue weighted by molar-refractivity contribution is 9.10.